The molecule has 21 heavy (non-hydrogen) atoms. The van der Waals surface area contributed by atoms with Gasteiger partial charge in [0.15, 0.2) is 5.65 Å². The van der Waals surface area contributed by atoms with Crippen molar-refractivity contribution in [2.45, 2.75) is 10.6 Å². The number of thioether (sulfide) groups is 1. The minimum absolute atomic E-state index is 0.350. The highest BCUT2D eigenvalue weighted by Crippen LogP contribution is 2.21. The van der Waals surface area contributed by atoms with Crippen molar-refractivity contribution in [3.8, 4) is 0 Å². The van der Waals surface area contributed by atoms with E-state index < -0.39 is 0 Å². The fourth-order valence-electron chi connectivity index (χ4n) is 2.11. The summed E-state index contributed by atoms with van der Waals surface area (Å²) in [5.74, 6) is 1.29. The molecule has 0 saturated heterocycles. The Labute approximate surface area is 124 Å². The van der Waals surface area contributed by atoms with Gasteiger partial charge in [-0.25, -0.2) is 9.78 Å². The number of H-pyrrole nitrogens is 1. The Morgan fingerprint density at radius 2 is 1.86 bits per heavy atom. The van der Waals surface area contributed by atoms with E-state index in [1.807, 2.05) is 30.3 Å². The van der Waals surface area contributed by atoms with Gasteiger partial charge in [-0.2, -0.15) is 0 Å². The summed E-state index contributed by atoms with van der Waals surface area (Å²) in [6.07, 6.45) is 0. The zero-order valence-corrected chi connectivity index (χ0v) is 12.5. The third kappa shape index (κ3) is 2.40. The van der Waals surface area contributed by atoms with E-state index in [0.717, 1.165) is 9.46 Å². The molecular formula is C14H14N4O2S. The van der Waals surface area contributed by atoms with Crippen LogP contribution in [0.4, 0.5) is 0 Å². The van der Waals surface area contributed by atoms with Gasteiger partial charge in [-0.3, -0.25) is 13.9 Å². The lowest BCUT2D eigenvalue weighted by atomic mass is 10.4. The number of nitrogens with one attached hydrogen (secondary N) is 1. The fraction of sp³-hybridized carbons (Fsp3) is 0.214. The zero-order chi connectivity index (χ0) is 15.0. The van der Waals surface area contributed by atoms with Gasteiger partial charge >= 0.3 is 5.69 Å². The second kappa shape index (κ2) is 5.25. The lowest BCUT2D eigenvalue weighted by Gasteiger charge is -2.00. The predicted octanol–water partition coefficient (Wildman–Crippen LogP) is 1.25. The van der Waals surface area contributed by atoms with Crippen LogP contribution in [0.1, 0.15) is 5.82 Å². The summed E-state index contributed by atoms with van der Waals surface area (Å²) >= 11 is 1.62. The zero-order valence-electron chi connectivity index (χ0n) is 11.7. The van der Waals surface area contributed by atoms with Crippen LogP contribution >= 0.6 is 11.8 Å². The van der Waals surface area contributed by atoms with Crippen LogP contribution < -0.4 is 11.2 Å². The van der Waals surface area contributed by atoms with Gasteiger partial charge in [0.2, 0.25) is 0 Å². The summed E-state index contributed by atoms with van der Waals surface area (Å²) in [5, 5.41) is 0. The van der Waals surface area contributed by atoms with Gasteiger partial charge in [0.25, 0.3) is 5.56 Å². The average Bonchev–Trinajstić information content (AvgIpc) is 2.94. The molecule has 1 aromatic carbocycles. The first-order chi connectivity index (χ1) is 10.1. The Balaban J connectivity index is 1.99. The van der Waals surface area contributed by atoms with Crippen molar-refractivity contribution in [2.75, 3.05) is 0 Å². The van der Waals surface area contributed by atoms with E-state index in [9.17, 15) is 9.59 Å². The van der Waals surface area contributed by atoms with E-state index in [4.69, 9.17) is 0 Å². The lowest BCUT2D eigenvalue weighted by Crippen LogP contribution is -2.36. The Bertz CT molecular complexity index is 908. The normalized spacial score (nSPS) is 11.1. The molecule has 0 amide bonds. The number of imidazole rings is 1. The molecule has 0 saturated carbocycles. The van der Waals surface area contributed by atoms with Crippen LogP contribution in [0.25, 0.3) is 11.2 Å². The highest BCUT2D eigenvalue weighted by Gasteiger charge is 2.13. The minimum atomic E-state index is -0.374. The topological polar surface area (TPSA) is 72.7 Å². The van der Waals surface area contributed by atoms with Gasteiger partial charge in [0.1, 0.15) is 11.3 Å². The molecule has 2 aromatic heterocycles. The molecule has 6 nitrogen and oxygen atoms in total. The third-order valence-corrected chi connectivity index (χ3v) is 4.29. The summed E-state index contributed by atoms with van der Waals surface area (Å²) in [6.45, 7) is 0. The molecular weight excluding hydrogens is 288 g/mol. The maximum atomic E-state index is 12.1. The molecule has 3 rings (SSSR count). The molecule has 3 aromatic rings. The Morgan fingerprint density at radius 3 is 2.57 bits per heavy atom. The monoisotopic (exact) mass is 302 g/mol. The van der Waals surface area contributed by atoms with Crippen LogP contribution in [0, 0.1) is 0 Å². The van der Waals surface area contributed by atoms with Crippen molar-refractivity contribution in [1.82, 2.24) is 19.1 Å². The number of fused-ring (bicyclic) bond motifs is 1. The van der Waals surface area contributed by atoms with E-state index in [0.29, 0.717) is 22.7 Å². The lowest BCUT2D eigenvalue weighted by molar-refractivity contribution is 0.708. The quantitative estimate of drug-likeness (QED) is 0.739. The first-order valence-electron chi connectivity index (χ1n) is 6.40. The van der Waals surface area contributed by atoms with Gasteiger partial charge in [-0.1, -0.05) is 18.2 Å². The Hall–Kier alpha value is -2.28. The number of aryl methyl sites for hydroxylation is 1. The number of aromatic nitrogens is 4. The molecule has 0 aliphatic carbocycles. The highest BCUT2D eigenvalue weighted by molar-refractivity contribution is 7.98. The number of benzene rings is 1. The third-order valence-electron chi connectivity index (χ3n) is 3.26. The average molecular weight is 302 g/mol. The second-order valence-electron chi connectivity index (χ2n) is 4.69. The number of hydrogen-bond donors (Lipinski definition) is 1. The van der Waals surface area contributed by atoms with Crippen LogP contribution in [0.2, 0.25) is 0 Å². The molecule has 0 radical (unpaired) electrons. The molecule has 0 bridgehead atoms. The van der Waals surface area contributed by atoms with Crippen molar-refractivity contribution in [3.63, 3.8) is 0 Å². The van der Waals surface area contributed by atoms with E-state index in [2.05, 4.69) is 9.97 Å². The van der Waals surface area contributed by atoms with E-state index in [1.54, 1.807) is 18.8 Å². The highest BCUT2D eigenvalue weighted by atomic mass is 32.2. The van der Waals surface area contributed by atoms with Crippen LogP contribution in [-0.4, -0.2) is 19.1 Å². The van der Waals surface area contributed by atoms with E-state index in [1.165, 1.54) is 11.6 Å². The molecule has 108 valence electrons. The van der Waals surface area contributed by atoms with E-state index in [-0.39, 0.29) is 11.2 Å². The molecule has 0 unspecified atom stereocenters. The second-order valence-corrected chi connectivity index (χ2v) is 5.74. The molecule has 2 heterocycles. The molecule has 0 aliphatic rings. The van der Waals surface area contributed by atoms with Crippen LogP contribution in [0.5, 0.6) is 0 Å². The summed E-state index contributed by atoms with van der Waals surface area (Å²) in [4.78, 5) is 32.4. The first kappa shape index (κ1) is 13.7. The summed E-state index contributed by atoms with van der Waals surface area (Å²) in [5.41, 5.74) is 0.0350. The summed E-state index contributed by atoms with van der Waals surface area (Å²) in [7, 11) is 3.07. The van der Waals surface area contributed by atoms with Gasteiger partial charge in [-0.05, 0) is 12.1 Å². The van der Waals surface area contributed by atoms with Crippen LogP contribution in [0.3, 0.4) is 0 Å². The summed E-state index contributed by atoms with van der Waals surface area (Å²) < 4.78 is 2.46. The molecule has 0 spiro atoms. The first-order valence-corrected chi connectivity index (χ1v) is 7.39. The minimum Gasteiger partial charge on any atom is -0.335 e. The number of hydrogen-bond acceptors (Lipinski definition) is 4. The van der Waals surface area contributed by atoms with Crippen LogP contribution in [0.15, 0.2) is 44.8 Å². The van der Waals surface area contributed by atoms with Gasteiger partial charge in [-0.15, -0.1) is 11.8 Å². The number of nitrogens with zero attached hydrogens (tertiary/aromatic N) is 3. The largest absolute Gasteiger partial charge is 0.335 e. The van der Waals surface area contributed by atoms with E-state index >= 15 is 0 Å². The molecule has 0 aliphatic heterocycles. The van der Waals surface area contributed by atoms with Crippen molar-refractivity contribution in [1.29, 1.82) is 0 Å². The van der Waals surface area contributed by atoms with Gasteiger partial charge in [0.05, 0.1) is 5.75 Å². The van der Waals surface area contributed by atoms with Crippen molar-refractivity contribution in [2.24, 2.45) is 14.1 Å². The van der Waals surface area contributed by atoms with Gasteiger partial charge < -0.3 is 4.98 Å². The molecule has 1 N–H and O–H groups in total. The van der Waals surface area contributed by atoms with Crippen molar-refractivity contribution < 1.29 is 0 Å². The van der Waals surface area contributed by atoms with Crippen molar-refractivity contribution in [3.05, 3.63) is 57.0 Å². The maximum Gasteiger partial charge on any atom is 0.332 e. The molecule has 7 heteroatoms. The molecule has 0 fully saturated rings. The van der Waals surface area contributed by atoms with Gasteiger partial charge in [0, 0.05) is 19.0 Å². The standard InChI is InChI=1S/C14H14N4O2S/c1-17-12-11(13(19)18(2)14(17)20)15-10(16-12)8-21-9-6-4-3-5-7-9/h3-7H,8H2,1-2H3,(H,15,16). The number of rotatable bonds is 3. The fourth-order valence-corrected chi connectivity index (χ4v) is 2.90. The Kier molecular flexibility index (Phi) is 3.42. The maximum absolute atomic E-state index is 12.1. The smallest absolute Gasteiger partial charge is 0.332 e. The Morgan fingerprint density at radius 1 is 1.14 bits per heavy atom. The summed E-state index contributed by atoms with van der Waals surface area (Å²) in [6, 6.07) is 9.94. The predicted molar refractivity (Wildman–Crippen MR) is 82.6 cm³/mol. The van der Waals surface area contributed by atoms with Crippen molar-refractivity contribution >= 4 is 22.9 Å². The SMILES string of the molecule is Cn1c(=O)c2[nH]c(CSc3ccccc3)nc2n(C)c1=O. The number of aromatic amines is 1. The molecule has 0 atom stereocenters. The van der Waals surface area contributed by atoms with Crippen LogP contribution in [-0.2, 0) is 19.8 Å².